The summed E-state index contributed by atoms with van der Waals surface area (Å²) in [6, 6.07) is 2.10. The summed E-state index contributed by atoms with van der Waals surface area (Å²) in [7, 11) is 0. The van der Waals surface area contributed by atoms with Gasteiger partial charge in [0.05, 0.1) is 5.70 Å². The lowest BCUT2D eigenvalue weighted by Crippen LogP contribution is -2.11. The lowest BCUT2D eigenvalue weighted by molar-refractivity contribution is 0.622. The standard InChI is InChI=1S/C13H17N3/c1-10-5-6-13(3,4)7-8-15-12(9-14)11(2)16-10/h5-8,15H,1-4H3/b6-5-,8-7-,12-11-,16-10+. The molecule has 1 aliphatic rings. The van der Waals surface area contributed by atoms with E-state index < -0.39 is 0 Å². The zero-order chi connectivity index (χ0) is 12.2. The van der Waals surface area contributed by atoms with Crippen LogP contribution in [-0.2, 0) is 0 Å². The number of nitriles is 1. The Morgan fingerprint density at radius 1 is 1.31 bits per heavy atom. The fourth-order valence-electron chi connectivity index (χ4n) is 1.31. The molecule has 0 unspecified atom stereocenters. The number of nitrogens with zero attached hydrogens (tertiary/aromatic N) is 2. The molecule has 0 radical (unpaired) electrons. The molecule has 3 nitrogen and oxygen atoms in total. The van der Waals surface area contributed by atoms with Gasteiger partial charge in [0.2, 0.25) is 0 Å². The van der Waals surface area contributed by atoms with Gasteiger partial charge in [0.1, 0.15) is 11.8 Å². The van der Waals surface area contributed by atoms with Gasteiger partial charge in [-0.3, -0.25) is 4.99 Å². The summed E-state index contributed by atoms with van der Waals surface area (Å²) >= 11 is 0. The van der Waals surface area contributed by atoms with Gasteiger partial charge in [0.25, 0.3) is 0 Å². The second kappa shape index (κ2) is 4.80. The first-order valence-electron chi connectivity index (χ1n) is 5.24. The number of allylic oxidation sites excluding steroid dienone is 5. The highest BCUT2D eigenvalue weighted by atomic mass is 14.9. The minimum atomic E-state index is -0.0460. The van der Waals surface area contributed by atoms with Crippen LogP contribution in [0.4, 0.5) is 0 Å². The van der Waals surface area contributed by atoms with Crippen LogP contribution >= 0.6 is 0 Å². The van der Waals surface area contributed by atoms with E-state index >= 15 is 0 Å². The zero-order valence-electron chi connectivity index (χ0n) is 10.2. The van der Waals surface area contributed by atoms with Crippen molar-refractivity contribution in [2.24, 2.45) is 10.4 Å². The minimum Gasteiger partial charge on any atom is -0.352 e. The van der Waals surface area contributed by atoms with Gasteiger partial charge >= 0.3 is 0 Å². The molecule has 0 fully saturated rings. The normalized spacial score (nSPS) is 31.6. The first kappa shape index (κ1) is 12.3. The summed E-state index contributed by atoms with van der Waals surface area (Å²) in [6.07, 6.45) is 7.89. The van der Waals surface area contributed by atoms with Crippen LogP contribution in [0.2, 0.25) is 0 Å². The summed E-state index contributed by atoms with van der Waals surface area (Å²) < 4.78 is 0. The number of hydrogen-bond donors (Lipinski definition) is 1. The van der Waals surface area contributed by atoms with Gasteiger partial charge in [0.15, 0.2) is 0 Å². The lowest BCUT2D eigenvalue weighted by Gasteiger charge is -2.15. The predicted octanol–water partition coefficient (Wildman–Crippen LogP) is 2.90. The number of aliphatic imine (C=N–C) groups is 1. The van der Waals surface area contributed by atoms with Crippen molar-refractivity contribution in [1.82, 2.24) is 5.32 Å². The number of rotatable bonds is 0. The van der Waals surface area contributed by atoms with Crippen LogP contribution in [-0.4, -0.2) is 5.71 Å². The van der Waals surface area contributed by atoms with E-state index in [4.69, 9.17) is 5.26 Å². The van der Waals surface area contributed by atoms with E-state index in [-0.39, 0.29) is 5.41 Å². The Morgan fingerprint density at radius 3 is 2.62 bits per heavy atom. The predicted molar refractivity (Wildman–Crippen MR) is 66.6 cm³/mol. The zero-order valence-corrected chi connectivity index (χ0v) is 10.2. The average Bonchev–Trinajstić information content (AvgIpc) is 2.20. The maximum Gasteiger partial charge on any atom is 0.139 e. The number of hydrogen-bond acceptors (Lipinski definition) is 3. The van der Waals surface area contributed by atoms with E-state index in [0.717, 1.165) is 5.71 Å². The molecule has 0 aliphatic carbocycles. The third kappa shape index (κ3) is 3.39. The molecule has 1 N–H and O–H groups in total. The summed E-state index contributed by atoms with van der Waals surface area (Å²) in [5.41, 5.74) is 2.04. The molecule has 0 aromatic carbocycles. The molecule has 0 bridgehead atoms. The smallest absolute Gasteiger partial charge is 0.139 e. The monoisotopic (exact) mass is 215 g/mol. The molecule has 0 aromatic heterocycles. The van der Waals surface area contributed by atoms with Gasteiger partial charge in [-0.15, -0.1) is 0 Å². The molecule has 0 saturated heterocycles. The van der Waals surface area contributed by atoms with Crippen molar-refractivity contribution in [2.45, 2.75) is 27.7 Å². The van der Waals surface area contributed by atoms with Crippen LogP contribution < -0.4 is 5.32 Å². The maximum absolute atomic E-state index is 8.97. The van der Waals surface area contributed by atoms with Crippen LogP contribution in [0.25, 0.3) is 0 Å². The van der Waals surface area contributed by atoms with Crippen LogP contribution in [0.3, 0.4) is 0 Å². The number of nitrogens with one attached hydrogen (secondary N) is 1. The van der Waals surface area contributed by atoms with Crippen molar-refractivity contribution in [2.75, 3.05) is 0 Å². The Labute approximate surface area is 96.9 Å². The highest BCUT2D eigenvalue weighted by molar-refractivity contribution is 5.93. The van der Waals surface area contributed by atoms with E-state index in [1.54, 1.807) is 6.20 Å². The molecule has 1 heterocycles. The van der Waals surface area contributed by atoms with Crippen LogP contribution in [0.15, 0.2) is 40.8 Å². The van der Waals surface area contributed by atoms with Crippen LogP contribution in [0.1, 0.15) is 27.7 Å². The molecule has 0 saturated carbocycles. The quantitative estimate of drug-likeness (QED) is 0.675. The summed E-state index contributed by atoms with van der Waals surface area (Å²) in [6.45, 7) is 7.94. The fraction of sp³-hybridized carbons (Fsp3) is 0.385. The summed E-state index contributed by atoms with van der Waals surface area (Å²) in [5.74, 6) is 0. The van der Waals surface area contributed by atoms with E-state index in [0.29, 0.717) is 11.4 Å². The molecule has 84 valence electrons. The summed E-state index contributed by atoms with van der Waals surface area (Å²) in [4.78, 5) is 4.35. The fourth-order valence-corrected chi connectivity index (χ4v) is 1.31. The first-order chi connectivity index (χ1) is 7.44. The van der Waals surface area contributed by atoms with E-state index in [2.05, 4.69) is 36.3 Å². The van der Waals surface area contributed by atoms with Crippen molar-refractivity contribution in [3.63, 3.8) is 0 Å². The van der Waals surface area contributed by atoms with Crippen molar-refractivity contribution in [1.29, 1.82) is 5.26 Å². The van der Waals surface area contributed by atoms with E-state index in [1.165, 1.54) is 0 Å². The van der Waals surface area contributed by atoms with Gasteiger partial charge in [-0.1, -0.05) is 26.0 Å². The second-order valence-corrected chi connectivity index (χ2v) is 4.46. The van der Waals surface area contributed by atoms with E-state index in [9.17, 15) is 0 Å². The molecule has 0 atom stereocenters. The molecular formula is C13H17N3. The summed E-state index contributed by atoms with van der Waals surface area (Å²) in [5, 5.41) is 11.9. The molecule has 0 spiro atoms. The Morgan fingerprint density at radius 2 is 2.00 bits per heavy atom. The van der Waals surface area contributed by atoms with E-state index in [1.807, 2.05) is 26.0 Å². The molecule has 1 aliphatic heterocycles. The largest absolute Gasteiger partial charge is 0.352 e. The Hall–Kier alpha value is -1.82. The first-order valence-corrected chi connectivity index (χ1v) is 5.24. The van der Waals surface area contributed by atoms with Gasteiger partial charge in [-0.25, -0.2) is 0 Å². The maximum atomic E-state index is 8.97. The van der Waals surface area contributed by atoms with Gasteiger partial charge in [-0.2, -0.15) is 5.26 Å². The second-order valence-electron chi connectivity index (χ2n) is 4.46. The molecule has 0 amide bonds. The minimum absolute atomic E-state index is 0.0460. The van der Waals surface area contributed by atoms with Gasteiger partial charge < -0.3 is 5.32 Å². The van der Waals surface area contributed by atoms with Crippen LogP contribution in [0.5, 0.6) is 0 Å². The highest BCUT2D eigenvalue weighted by Crippen LogP contribution is 2.19. The topological polar surface area (TPSA) is 48.2 Å². The SMILES string of the molecule is CC1=C(/C#N)N/C=C\C(C)(C)\C=C/C(C)=N/1. The molecular weight excluding hydrogens is 198 g/mol. The Kier molecular flexibility index (Phi) is 3.68. The van der Waals surface area contributed by atoms with Crippen molar-refractivity contribution < 1.29 is 0 Å². The van der Waals surface area contributed by atoms with Crippen molar-refractivity contribution in [3.05, 3.63) is 35.8 Å². The third-order valence-electron chi connectivity index (χ3n) is 2.31. The third-order valence-corrected chi connectivity index (χ3v) is 2.31. The average molecular weight is 215 g/mol. The molecule has 16 heavy (non-hydrogen) atoms. The molecule has 0 aromatic rings. The van der Waals surface area contributed by atoms with Crippen molar-refractivity contribution in [3.8, 4) is 6.07 Å². The molecule has 1 rings (SSSR count). The van der Waals surface area contributed by atoms with Gasteiger partial charge in [-0.05, 0) is 26.1 Å². The molecule has 3 heteroatoms. The van der Waals surface area contributed by atoms with Gasteiger partial charge in [0, 0.05) is 11.1 Å². The van der Waals surface area contributed by atoms with Crippen molar-refractivity contribution >= 4 is 5.71 Å². The Bertz CT molecular complexity index is 429. The van der Waals surface area contributed by atoms with Crippen LogP contribution in [0, 0.1) is 16.7 Å². The Balaban J connectivity index is 3.18. The lowest BCUT2D eigenvalue weighted by atomic mass is 9.92. The highest BCUT2D eigenvalue weighted by Gasteiger charge is 2.10.